The molecule has 1 saturated carbocycles. The second kappa shape index (κ2) is 10.7. The van der Waals surface area contributed by atoms with Gasteiger partial charge in [-0.3, -0.25) is 9.80 Å². The number of urea groups is 1. The lowest BCUT2D eigenvalue weighted by Gasteiger charge is -2.37. The average molecular weight is 473 g/mol. The van der Waals surface area contributed by atoms with Crippen LogP contribution in [0, 0.1) is 0 Å². The number of carbonyl (C=O) groups excluding carboxylic acids is 1. The predicted octanol–water partition coefficient (Wildman–Crippen LogP) is 4.13. The van der Waals surface area contributed by atoms with Crippen molar-refractivity contribution in [3.63, 3.8) is 0 Å². The summed E-state index contributed by atoms with van der Waals surface area (Å²) in [6, 6.07) is 7.50. The van der Waals surface area contributed by atoms with Crippen LogP contribution >= 0.6 is 11.6 Å². The van der Waals surface area contributed by atoms with Crippen molar-refractivity contribution >= 4 is 35.1 Å². The number of likely N-dealkylation sites (N-methyl/N-ethyl adjacent to an activating group) is 1. The van der Waals surface area contributed by atoms with Crippen LogP contribution in [-0.2, 0) is 6.54 Å². The highest BCUT2D eigenvalue weighted by Gasteiger charge is 2.34. The predicted molar refractivity (Wildman–Crippen MR) is 132 cm³/mol. The zero-order valence-corrected chi connectivity index (χ0v) is 20.1. The van der Waals surface area contributed by atoms with E-state index in [9.17, 15) is 9.90 Å². The monoisotopic (exact) mass is 472 g/mol. The van der Waals surface area contributed by atoms with Crippen LogP contribution in [0.2, 0.25) is 5.02 Å². The van der Waals surface area contributed by atoms with Crippen molar-refractivity contribution in [1.29, 1.82) is 0 Å². The van der Waals surface area contributed by atoms with Crippen molar-refractivity contribution < 1.29 is 9.90 Å². The van der Waals surface area contributed by atoms with E-state index in [1.54, 1.807) is 15.9 Å². The largest absolute Gasteiger partial charge is 0.393 e. The summed E-state index contributed by atoms with van der Waals surface area (Å²) in [6.45, 7) is 7.74. The lowest BCUT2D eigenvalue weighted by molar-refractivity contribution is 0.126. The van der Waals surface area contributed by atoms with Crippen LogP contribution in [0.5, 0.6) is 0 Å². The van der Waals surface area contributed by atoms with Gasteiger partial charge < -0.3 is 15.3 Å². The van der Waals surface area contributed by atoms with Crippen LogP contribution in [0.3, 0.4) is 0 Å². The molecule has 0 unspecified atom stereocenters. The normalized spacial score (nSPS) is 20.8. The Morgan fingerprint density at radius 3 is 2.61 bits per heavy atom. The summed E-state index contributed by atoms with van der Waals surface area (Å²) in [4.78, 5) is 28.7. The van der Waals surface area contributed by atoms with E-state index in [1.807, 2.05) is 24.4 Å². The number of halogens is 1. The SMILES string of the molecule is CCN(CC)CCN1C(=O)N(c2ccccc2Cl)Cc2cnc(NC3CCC(O)CC3)nc21. The number of hydrogen-bond acceptors (Lipinski definition) is 6. The molecule has 2 aliphatic rings. The summed E-state index contributed by atoms with van der Waals surface area (Å²) in [6.07, 6.45) is 4.92. The minimum Gasteiger partial charge on any atom is -0.393 e. The molecule has 1 aromatic carbocycles. The first-order valence-corrected chi connectivity index (χ1v) is 12.2. The molecule has 0 atom stereocenters. The summed E-state index contributed by atoms with van der Waals surface area (Å²) in [5, 5.41) is 13.7. The van der Waals surface area contributed by atoms with E-state index in [2.05, 4.69) is 29.0 Å². The van der Waals surface area contributed by atoms with Gasteiger partial charge in [0.05, 0.1) is 23.4 Å². The van der Waals surface area contributed by atoms with Gasteiger partial charge in [-0.05, 0) is 50.9 Å². The highest BCUT2D eigenvalue weighted by molar-refractivity contribution is 6.34. The Kier molecular flexibility index (Phi) is 7.67. The molecule has 4 rings (SSSR count). The molecule has 2 heterocycles. The van der Waals surface area contributed by atoms with E-state index in [1.165, 1.54) is 0 Å². The van der Waals surface area contributed by atoms with Crippen molar-refractivity contribution in [3.8, 4) is 0 Å². The molecule has 0 spiro atoms. The summed E-state index contributed by atoms with van der Waals surface area (Å²) < 4.78 is 0. The lowest BCUT2D eigenvalue weighted by Crippen LogP contribution is -2.50. The van der Waals surface area contributed by atoms with Gasteiger partial charge in [0, 0.05) is 30.9 Å². The third kappa shape index (κ3) is 5.39. The molecular formula is C24H33ClN6O2. The molecule has 33 heavy (non-hydrogen) atoms. The van der Waals surface area contributed by atoms with Crippen molar-refractivity contribution in [2.45, 2.75) is 58.2 Å². The molecule has 0 saturated heterocycles. The van der Waals surface area contributed by atoms with E-state index < -0.39 is 0 Å². The quantitative estimate of drug-likeness (QED) is 0.600. The molecular weight excluding hydrogens is 440 g/mol. The minimum absolute atomic E-state index is 0.131. The third-order valence-electron chi connectivity index (χ3n) is 6.60. The third-order valence-corrected chi connectivity index (χ3v) is 6.91. The van der Waals surface area contributed by atoms with Crippen molar-refractivity contribution in [3.05, 3.63) is 41.0 Å². The first-order chi connectivity index (χ1) is 16.0. The van der Waals surface area contributed by atoms with E-state index in [-0.39, 0.29) is 18.2 Å². The number of anilines is 3. The molecule has 0 radical (unpaired) electrons. The zero-order valence-electron chi connectivity index (χ0n) is 19.4. The fourth-order valence-corrected chi connectivity index (χ4v) is 4.77. The average Bonchev–Trinajstić information content (AvgIpc) is 2.83. The maximum Gasteiger partial charge on any atom is 0.330 e. The Morgan fingerprint density at radius 2 is 1.91 bits per heavy atom. The standard InChI is InChI=1S/C24H33ClN6O2/c1-3-29(4-2)13-14-30-22-17(16-31(24(30)33)21-8-6-5-7-20(21)25)15-26-23(28-22)27-18-9-11-19(32)12-10-18/h5-8,15,18-19,32H,3-4,9-14,16H2,1-2H3,(H,26,27,28). The molecule has 2 amide bonds. The molecule has 1 aliphatic heterocycles. The summed E-state index contributed by atoms with van der Waals surface area (Å²) in [7, 11) is 0. The maximum absolute atomic E-state index is 13.6. The number of amides is 2. The summed E-state index contributed by atoms with van der Waals surface area (Å²) in [5.74, 6) is 1.19. The maximum atomic E-state index is 13.6. The van der Waals surface area contributed by atoms with E-state index in [0.717, 1.165) is 50.9 Å². The van der Waals surface area contributed by atoms with Crippen LogP contribution < -0.4 is 15.1 Å². The topological polar surface area (TPSA) is 84.8 Å². The van der Waals surface area contributed by atoms with Gasteiger partial charge in [-0.1, -0.05) is 37.6 Å². The first kappa shape index (κ1) is 23.7. The molecule has 1 aromatic heterocycles. The molecule has 2 aromatic rings. The number of fused-ring (bicyclic) bond motifs is 1. The first-order valence-electron chi connectivity index (χ1n) is 11.9. The molecule has 9 heteroatoms. The molecule has 1 aliphatic carbocycles. The van der Waals surface area contributed by atoms with Gasteiger partial charge in [0.15, 0.2) is 0 Å². The molecule has 2 N–H and O–H groups in total. The van der Waals surface area contributed by atoms with Crippen LogP contribution in [0.4, 0.5) is 22.2 Å². The van der Waals surface area contributed by atoms with Gasteiger partial charge in [-0.15, -0.1) is 0 Å². The Hall–Kier alpha value is -2.42. The number of aliphatic hydroxyl groups is 1. The number of aromatic nitrogens is 2. The van der Waals surface area contributed by atoms with Crippen LogP contribution in [0.25, 0.3) is 0 Å². The lowest BCUT2D eigenvalue weighted by atomic mass is 9.93. The number of hydrogen-bond donors (Lipinski definition) is 2. The Balaban J connectivity index is 1.62. The van der Waals surface area contributed by atoms with Gasteiger partial charge in [0.25, 0.3) is 0 Å². The molecule has 178 valence electrons. The number of nitrogens with one attached hydrogen (secondary N) is 1. The van der Waals surface area contributed by atoms with Gasteiger partial charge >= 0.3 is 6.03 Å². The fraction of sp³-hybridized carbons (Fsp3) is 0.542. The smallest absolute Gasteiger partial charge is 0.330 e. The van der Waals surface area contributed by atoms with Gasteiger partial charge in [-0.25, -0.2) is 9.78 Å². The van der Waals surface area contributed by atoms with E-state index >= 15 is 0 Å². The van der Waals surface area contributed by atoms with Crippen molar-refractivity contribution in [2.24, 2.45) is 0 Å². The molecule has 1 fully saturated rings. The Labute approximate surface area is 200 Å². The highest BCUT2D eigenvalue weighted by atomic mass is 35.5. The Morgan fingerprint density at radius 1 is 1.18 bits per heavy atom. The van der Waals surface area contributed by atoms with Gasteiger partial charge in [0.1, 0.15) is 5.82 Å². The number of para-hydroxylation sites is 1. The van der Waals surface area contributed by atoms with E-state index in [0.29, 0.717) is 35.6 Å². The second-order valence-corrected chi connectivity index (χ2v) is 9.10. The van der Waals surface area contributed by atoms with Crippen LogP contribution in [-0.4, -0.2) is 64.3 Å². The fourth-order valence-electron chi connectivity index (χ4n) is 4.53. The second-order valence-electron chi connectivity index (χ2n) is 8.69. The Bertz CT molecular complexity index is 962. The summed E-state index contributed by atoms with van der Waals surface area (Å²) in [5.41, 5.74) is 1.57. The minimum atomic E-state index is -0.212. The van der Waals surface area contributed by atoms with Crippen molar-refractivity contribution in [2.75, 3.05) is 41.3 Å². The highest BCUT2D eigenvalue weighted by Crippen LogP contribution is 2.34. The summed E-state index contributed by atoms with van der Waals surface area (Å²) >= 11 is 6.43. The number of carbonyl (C=O) groups is 1. The number of aliphatic hydroxyl groups excluding tert-OH is 1. The molecule has 8 nitrogen and oxygen atoms in total. The number of benzene rings is 1. The van der Waals surface area contributed by atoms with Crippen molar-refractivity contribution in [1.82, 2.24) is 14.9 Å². The van der Waals surface area contributed by atoms with Crippen LogP contribution in [0.15, 0.2) is 30.5 Å². The van der Waals surface area contributed by atoms with Gasteiger partial charge in [0.2, 0.25) is 5.95 Å². The number of rotatable bonds is 8. The van der Waals surface area contributed by atoms with Crippen LogP contribution in [0.1, 0.15) is 45.1 Å². The zero-order chi connectivity index (χ0) is 23.4. The number of nitrogens with zero attached hydrogens (tertiary/aromatic N) is 5. The van der Waals surface area contributed by atoms with E-state index in [4.69, 9.17) is 16.6 Å². The molecule has 0 bridgehead atoms. The van der Waals surface area contributed by atoms with Gasteiger partial charge in [-0.2, -0.15) is 4.98 Å².